The molecule has 0 aliphatic carbocycles. The van der Waals surface area contributed by atoms with Crippen LogP contribution in [0.25, 0.3) is 0 Å². The zero-order chi connectivity index (χ0) is 14.5. The van der Waals surface area contributed by atoms with Gasteiger partial charge in [0, 0.05) is 25.3 Å². The molecule has 0 radical (unpaired) electrons. The van der Waals surface area contributed by atoms with Crippen molar-refractivity contribution in [2.24, 2.45) is 5.73 Å². The average Bonchev–Trinajstić information content (AvgIpc) is 2.39. The molecular weight excluding hydrogens is 244 g/mol. The first kappa shape index (κ1) is 14.6. The summed E-state index contributed by atoms with van der Waals surface area (Å²) in [6, 6.07) is 17.4. The normalized spacial score (nSPS) is 12.2. The highest BCUT2D eigenvalue weighted by Gasteiger charge is 2.07. The molecule has 20 heavy (non-hydrogen) atoms. The Hall–Kier alpha value is -1.80. The lowest BCUT2D eigenvalue weighted by molar-refractivity contribution is 0.737. The number of hydrogen-bond donors (Lipinski definition) is 1. The van der Waals surface area contributed by atoms with Gasteiger partial charge in [-0.25, -0.2) is 0 Å². The molecule has 0 saturated heterocycles. The summed E-state index contributed by atoms with van der Waals surface area (Å²) in [6.07, 6.45) is 0.934. The van der Waals surface area contributed by atoms with E-state index in [9.17, 15) is 0 Å². The first-order valence-corrected chi connectivity index (χ1v) is 7.16. The lowest BCUT2D eigenvalue weighted by atomic mass is 10.0. The van der Waals surface area contributed by atoms with E-state index >= 15 is 0 Å². The quantitative estimate of drug-likeness (QED) is 0.899. The summed E-state index contributed by atoms with van der Waals surface area (Å²) in [7, 11) is 2.14. The molecule has 2 aromatic carbocycles. The van der Waals surface area contributed by atoms with Crippen molar-refractivity contribution in [3.8, 4) is 0 Å². The standard InChI is InChI=1S/C18H24N2/c1-14-11-17(12-15(2)19)9-10-18(14)20(3)13-16-7-5-4-6-8-16/h4-11,15H,12-13,19H2,1-3H3. The maximum atomic E-state index is 5.86. The second kappa shape index (κ2) is 6.58. The summed E-state index contributed by atoms with van der Waals surface area (Å²) >= 11 is 0. The summed E-state index contributed by atoms with van der Waals surface area (Å²) in [5.74, 6) is 0. The topological polar surface area (TPSA) is 29.3 Å². The van der Waals surface area contributed by atoms with Crippen LogP contribution in [0.2, 0.25) is 0 Å². The van der Waals surface area contributed by atoms with Crippen molar-refractivity contribution >= 4 is 5.69 Å². The van der Waals surface area contributed by atoms with Crippen LogP contribution < -0.4 is 10.6 Å². The van der Waals surface area contributed by atoms with E-state index < -0.39 is 0 Å². The number of rotatable bonds is 5. The van der Waals surface area contributed by atoms with Crippen LogP contribution in [0, 0.1) is 6.92 Å². The van der Waals surface area contributed by atoms with E-state index in [1.807, 2.05) is 6.92 Å². The summed E-state index contributed by atoms with van der Waals surface area (Å²) in [5.41, 5.74) is 11.1. The van der Waals surface area contributed by atoms with Gasteiger partial charge in [-0.3, -0.25) is 0 Å². The third kappa shape index (κ3) is 3.84. The fourth-order valence-corrected chi connectivity index (χ4v) is 2.59. The third-order valence-corrected chi connectivity index (χ3v) is 3.49. The van der Waals surface area contributed by atoms with Gasteiger partial charge in [-0.15, -0.1) is 0 Å². The molecule has 2 rings (SSSR count). The number of anilines is 1. The highest BCUT2D eigenvalue weighted by Crippen LogP contribution is 2.22. The zero-order valence-corrected chi connectivity index (χ0v) is 12.6. The lowest BCUT2D eigenvalue weighted by Crippen LogP contribution is -2.19. The summed E-state index contributed by atoms with van der Waals surface area (Å²) in [6.45, 7) is 5.14. The second-order valence-electron chi connectivity index (χ2n) is 5.64. The van der Waals surface area contributed by atoms with Crippen molar-refractivity contribution in [1.82, 2.24) is 0 Å². The molecule has 0 amide bonds. The van der Waals surface area contributed by atoms with Crippen LogP contribution in [0.15, 0.2) is 48.5 Å². The van der Waals surface area contributed by atoms with E-state index in [1.165, 1.54) is 22.4 Å². The van der Waals surface area contributed by atoms with E-state index in [1.54, 1.807) is 0 Å². The first-order valence-electron chi connectivity index (χ1n) is 7.16. The highest BCUT2D eigenvalue weighted by molar-refractivity contribution is 5.54. The Labute approximate surface area is 122 Å². The molecule has 0 spiro atoms. The van der Waals surface area contributed by atoms with Crippen molar-refractivity contribution in [1.29, 1.82) is 0 Å². The maximum absolute atomic E-state index is 5.86. The summed E-state index contributed by atoms with van der Waals surface area (Å²) < 4.78 is 0. The average molecular weight is 268 g/mol. The molecule has 0 fully saturated rings. The Kier molecular flexibility index (Phi) is 4.80. The van der Waals surface area contributed by atoms with E-state index in [4.69, 9.17) is 5.73 Å². The molecule has 0 bridgehead atoms. The van der Waals surface area contributed by atoms with Crippen LogP contribution in [-0.4, -0.2) is 13.1 Å². The molecule has 2 aromatic rings. The Morgan fingerprint density at radius 3 is 2.35 bits per heavy atom. The van der Waals surface area contributed by atoms with Crippen molar-refractivity contribution in [2.75, 3.05) is 11.9 Å². The molecule has 106 valence electrons. The van der Waals surface area contributed by atoms with Crippen LogP contribution >= 0.6 is 0 Å². The Morgan fingerprint density at radius 1 is 1.05 bits per heavy atom. The molecule has 2 N–H and O–H groups in total. The van der Waals surface area contributed by atoms with Gasteiger partial charge in [-0.05, 0) is 43.0 Å². The molecule has 0 saturated carbocycles. The van der Waals surface area contributed by atoms with Gasteiger partial charge in [0.2, 0.25) is 0 Å². The number of aryl methyl sites for hydroxylation is 1. The molecule has 0 aromatic heterocycles. The smallest absolute Gasteiger partial charge is 0.0426 e. The minimum absolute atomic E-state index is 0.210. The van der Waals surface area contributed by atoms with Gasteiger partial charge in [0.15, 0.2) is 0 Å². The number of hydrogen-bond acceptors (Lipinski definition) is 2. The molecule has 2 nitrogen and oxygen atoms in total. The van der Waals surface area contributed by atoms with Crippen LogP contribution in [0.4, 0.5) is 5.69 Å². The predicted octanol–water partition coefficient (Wildman–Crippen LogP) is 3.52. The fraction of sp³-hybridized carbons (Fsp3) is 0.333. The molecule has 0 aliphatic heterocycles. The van der Waals surface area contributed by atoms with E-state index in [-0.39, 0.29) is 6.04 Å². The number of nitrogens with two attached hydrogens (primary N) is 1. The largest absolute Gasteiger partial charge is 0.370 e. The van der Waals surface area contributed by atoms with E-state index in [2.05, 4.69) is 67.4 Å². The minimum Gasteiger partial charge on any atom is -0.370 e. The van der Waals surface area contributed by atoms with Gasteiger partial charge >= 0.3 is 0 Å². The predicted molar refractivity (Wildman–Crippen MR) is 87.1 cm³/mol. The van der Waals surface area contributed by atoms with E-state index in [0.717, 1.165) is 13.0 Å². The fourth-order valence-electron chi connectivity index (χ4n) is 2.59. The molecule has 0 heterocycles. The molecule has 1 atom stereocenters. The van der Waals surface area contributed by atoms with Gasteiger partial charge in [0.05, 0.1) is 0 Å². The first-order chi connectivity index (χ1) is 9.56. The summed E-state index contributed by atoms with van der Waals surface area (Å²) in [4.78, 5) is 2.29. The van der Waals surface area contributed by atoms with Crippen molar-refractivity contribution in [3.05, 3.63) is 65.2 Å². The molecule has 2 heteroatoms. The highest BCUT2D eigenvalue weighted by atomic mass is 15.1. The monoisotopic (exact) mass is 268 g/mol. The Bertz CT molecular complexity index is 547. The number of nitrogens with zero attached hydrogens (tertiary/aromatic N) is 1. The number of benzene rings is 2. The lowest BCUT2D eigenvalue weighted by Gasteiger charge is -2.22. The molecule has 0 aliphatic rings. The van der Waals surface area contributed by atoms with Gasteiger partial charge in [-0.1, -0.05) is 42.5 Å². The Balaban J connectivity index is 2.12. The van der Waals surface area contributed by atoms with Crippen molar-refractivity contribution in [2.45, 2.75) is 32.9 Å². The Morgan fingerprint density at radius 2 is 1.75 bits per heavy atom. The maximum Gasteiger partial charge on any atom is 0.0426 e. The van der Waals surface area contributed by atoms with Crippen molar-refractivity contribution < 1.29 is 0 Å². The zero-order valence-electron chi connectivity index (χ0n) is 12.6. The van der Waals surface area contributed by atoms with Gasteiger partial charge in [0.1, 0.15) is 0 Å². The van der Waals surface area contributed by atoms with Gasteiger partial charge < -0.3 is 10.6 Å². The molecule has 1 unspecified atom stereocenters. The minimum atomic E-state index is 0.210. The van der Waals surface area contributed by atoms with Gasteiger partial charge in [-0.2, -0.15) is 0 Å². The molecular formula is C18H24N2. The summed E-state index contributed by atoms with van der Waals surface area (Å²) in [5, 5.41) is 0. The van der Waals surface area contributed by atoms with Crippen LogP contribution in [0.5, 0.6) is 0 Å². The van der Waals surface area contributed by atoms with Crippen LogP contribution in [-0.2, 0) is 13.0 Å². The van der Waals surface area contributed by atoms with Gasteiger partial charge in [0.25, 0.3) is 0 Å². The van der Waals surface area contributed by atoms with Crippen molar-refractivity contribution in [3.63, 3.8) is 0 Å². The SMILES string of the molecule is Cc1cc(CC(C)N)ccc1N(C)Cc1ccccc1. The van der Waals surface area contributed by atoms with E-state index in [0.29, 0.717) is 0 Å². The third-order valence-electron chi connectivity index (χ3n) is 3.49. The van der Waals surface area contributed by atoms with Crippen LogP contribution in [0.3, 0.4) is 0 Å². The second-order valence-corrected chi connectivity index (χ2v) is 5.64. The van der Waals surface area contributed by atoms with Crippen LogP contribution in [0.1, 0.15) is 23.6 Å².